The van der Waals surface area contributed by atoms with Crippen molar-refractivity contribution in [2.24, 2.45) is 41.4 Å². The van der Waals surface area contributed by atoms with E-state index in [0.29, 0.717) is 38.6 Å². The van der Waals surface area contributed by atoms with Gasteiger partial charge in [-0.15, -0.1) is 0 Å². The largest absolute Gasteiger partial charge is 0.390 e. The molecule has 12 amide bonds. The van der Waals surface area contributed by atoms with Gasteiger partial charge in [0.15, 0.2) is 0 Å². The van der Waals surface area contributed by atoms with Gasteiger partial charge in [-0.05, 0) is 107 Å². The van der Waals surface area contributed by atoms with Gasteiger partial charge in [-0.25, -0.2) is 0 Å². The highest BCUT2D eigenvalue weighted by atomic mass is 16.3. The van der Waals surface area contributed by atoms with Gasteiger partial charge in [0.25, 0.3) is 0 Å². The average Bonchev–Trinajstić information content (AvgIpc) is 0.831. The van der Waals surface area contributed by atoms with E-state index >= 15 is 19.2 Å². The SMILES string of the molecule is CCCNC(=O)CCCCC[C@@H](C)[C@@H](O)[C@H]1C(=O)N[C@@H](CC)C(=O)N(C)CC(=O)N(C)[C@@H](CC(C)C)C(=O)N[C@@H](C(C)C)C(=O)N(C)[C@@H](CC(C)C)C(=O)N[C@@H](C)C(=O)N[C@H](C)C(=O)N(C)[C@@H](CC(C)C)C(=O)N(C)[C@@H](CC(C)C)C(=O)N(C)[C@@H](C(C)C)C(=O)N1C. The lowest BCUT2D eigenvalue weighted by molar-refractivity contribution is -0.157. The molecule has 0 aromatic carbocycles. The topological polar surface area (TPSA) is 308 Å². The van der Waals surface area contributed by atoms with Gasteiger partial charge in [-0.1, -0.05) is 117 Å². The number of aliphatic hydroxyl groups excluding tert-OH is 1. The molecule has 0 aromatic rings. The molecule has 1 fully saturated rings. The van der Waals surface area contributed by atoms with Crippen LogP contribution in [-0.2, 0) is 57.5 Å². The molecule has 6 N–H and O–H groups in total. The minimum atomic E-state index is -1.65. The number of unbranched alkanes of at least 4 members (excludes halogenated alkanes) is 2. The summed E-state index contributed by atoms with van der Waals surface area (Å²) in [5.74, 6) is -10.0. The monoisotopic (exact) mass is 1300 g/mol. The number of rotatable bonds is 21. The van der Waals surface area contributed by atoms with E-state index in [2.05, 4.69) is 26.6 Å². The molecule has 0 aliphatic carbocycles. The summed E-state index contributed by atoms with van der Waals surface area (Å²) in [5.41, 5.74) is 0. The van der Waals surface area contributed by atoms with E-state index in [9.17, 15) is 43.5 Å². The first-order valence-corrected chi connectivity index (χ1v) is 33.6. The lowest BCUT2D eigenvalue weighted by Crippen LogP contribution is -2.63. The Morgan fingerprint density at radius 2 is 0.924 bits per heavy atom. The first kappa shape index (κ1) is 83.6. The summed E-state index contributed by atoms with van der Waals surface area (Å²) in [7, 11) is 9.90. The minimum Gasteiger partial charge on any atom is -0.390 e. The Kier molecular flexibility index (Phi) is 35.8. The standard InChI is InChI=1S/C67H122N12O13/c1-25-32-68-52(80)31-29-27-28-30-44(15)57(82)56-61(86)71-47(26-2)63(88)73(18)37-53(81)74(19)48(33-38(3)4)60(85)72-54(42(11)12)66(91)75(20)49(34-39(5)6)59(84)69-45(16)58(83)70-46(17)62(87)76(21)50(35-40(7)8)64(89)77(22)51(36-41(9)10)65(90)78(23)55(43(13)14)67(92)79(56)24/h38-51,54-57,82H,25-37H2,1-24H3,(H,68,80)(H,69,84)(H,70,83)(H,71,86)(H,72,85)/t44-,45+,46-,47+,48+,49+,50+,51+,54+,55+,56+,57-/m1/s1. The number of hydrogen-bond acceptors (Lipinski definition) is 13. The van der Waals surface area contributed by atoms with Crippen LogP contribution in [0.2, 0.25) is 0 Å². The van der Waals surface area contributed by atoms with Crippen LogP contribution in [0.15, 0.2) is 0 Å². The summed E-state index contributed by atoms with van der Waals surface area (Å²) in [6.07, 6.45) is 2.31. The van der Waals surface area contributed by atoms with E-state index in [1.807, 2.05) is 62.3 Å². The smallest absolute Gasteiger partial charge is 0.246 e. The Bertz CT molecular complexity index is 2470. The third-order valence-corrected chi connectivity index (χ3v) is 17.5. The van der Waals surface area contributed by atoms with Crippen molar-refractivity contribution in [1.29, 1.82) is 0 Å². The summed E-state index contributed by atoms with van der Waals surface area (Å²) < 4.78 is 0. The van der Waals surface area contributed by atoms with E-state index in [0.717, 1.165) is 16.2 Å². The zero-order valence-corrected chi connectivity index (χ0v) is 60.6. The molecular formula is C67H122N12O13. The highest BCUT2D eigenvalue weighted by molar-refractivity contribution is 5.99. The summed E-state index contributed by atoms with van der Waals surface area (Å²) in [6, 6.07) is -12.5. The summed E-state index contributed by atoms with van der Waals surface area (Å²) >= 11 is 0. The molecule has 25 nitrogen and oxygen atoms in total. The van der Waals surface area contributed by atoms with Gasteiger partial charge in [0, 0.05) is 62.3 Å². The molecule has 92 heavy (non-hydrogen) atoms. The molecule has 12 atom stereocenters. The van der Waals surface area contributed by atoms with Crippen LogP contribution in [-0.4, -0.2) is 239 Å². The van der Waals surface area contributed by atoms with Gasteiger partial charge >= 0.3 is 0 Å². The van der Waals surface area contributed by atoms with Gasteiger partial charge in [0.1, 0.15) is 60.4 Å². The number of nitrogens with one attached hydrogen (secondary N) is 5. The molecule has 0 unspecified atom stereocenters. The number of hydrogen-bond donors (Lipinski definition) is 6. The number of amides is 12. The molecule has 0 bridgehead atoms. The second kappa shape index (κ2) is 39.3. The maximum atomic E-state index is 15.3. The van der Waals surface area contributed by atoms with Crippen LogP contribution in [0.3, 0.4) is 0 Å². The van der Waals surface area contributed by atoms with Crippen LogP contribution in [0.25, 0.3) is 0 Å². The minimum absolute atomic E-state index is 0.00230. The molecule has 0 radical (unpaired) electrons. The zero-order chi connectivity index (χ0) is 71.1. The second-order valence-corrected chi connectivity index (χ2v) is 28.2. The zero-order valence-electron chi connectivity index (χ0n) is 60.6. The Morgan fingerprint density at radius 1 is 0.478 bits per heavy atom. The molecule has 528 valence electrons. The predicted molar refractivity (Wildman–Crippen MR) is 355 cm³/mol. The van der Waals surface area contributed by atoms with Crippen molar-refractivity contribution in [2.75, 3.05) is 62.4 Å². The second-order valence-electron chi connectivity index (χ2n) is 28.2. The molecular weight excluding hydrogens is 1180 g/mol. The molecule has 1 rings (SSSR count). The van der Waals surface area contributed by atoms with Crippen LogP contribution >= 0.6 is 0 Å². The lowest BCUT2D eigenvalue weighted by Gasteiger charge is -2.41. The third kappa shape index (κ3) is 24.8. The molecule has 25 heteroatoms. The number of likely N-dealkylation sites (N-methyl/N-ethyl adjacent to an activating group) is 7. The van der Waals surface area contributed by atoms with Gasteiger partial charge in [0.2, 0.25) is 70.9 Å². The summed E-state index contributed by atoms with van der Waals surface area (Å²) in [4.78, 5) is 182. The van der Waals surface area contributed by atoms with Crippen molar-refractivity contribution in [3.63, 3.8) is 0 Å². The van der Waals surface area contributed by atoms with Crippen molar-refractivity contribution < 1.29 is 62.6 Å². The Balaban J connectivity index is 4.31. The average molecular weight is 1300 g/mol. The lowest BCUT2D eigenvalue weighted by atomic mass is 9.90. The maximum Gasteiger partial charge on any atom is 0.246 e. The number of carbonyl (C=O) groups excluding carboxylic acids is 12. The van der Waals surface area contributed by atoms with E-state index in [1.165, 1.54) is 87.7 Å². The van der Waals surface area contributed by atoms with Crippen LogP contribution < -0.4 is 26.6 Å². The van der Waals surface area contributed by atoms with Crippen molar-refractivity contribution in [3.05, 3.63) is 0 Å². The molecule has 0 spiro atoms. The Labute approximate surface area is 551 Å². The fourth-order valence-electron chi connectivity index (χ4n) is 11.6. The van der Waals surface area contributed by atoms with Gasteiger partial charge in [0.05, 0.1) is 12.6 Å². The fraction of sp³-hybridized carbons (Fsp3) is 0.821. The quantitative estimate of drug-likeness (QED) is 0.0893. The molecule has 0 saturated carbocycles. The van der Waals surface area contributed by atoms with Crippen molar-refractivity contribution in [1.82, 2.24) is 60.9 Å². The first-order chi connectivity index (χ1) is 42.6. The van der Waals surface area contributed by atoms with Crippen molar-refractivity contribution >= 4 is 70.9 Å². The van der Waals surface area contributed by atoms with Crippen LogP contribution in [0.5, 0.6) is 0 Å². The van der Waals surface area contributed by atoms with Gasteiger partial charge in [-0.2, -0.15) is 0 Å². The van der Waals surface area contributed by atoms with E-state index in [1.54, 1.807) is 41.5 Å². The highest BCUT2D eigenvalue weighted by Gasteiger charge is 2.46. The van der Waals surface area contributed by atoms with Gasteiger partial charge < -0.3 is 66.0 Å². The third-order valence-electron chi connectivity index (χ3n) is 17.5. The van der Waals surface area contributed by atoms with Gasteiger partial charge in [-0.3, -0.25) is 57.5 Å². The van der Waals surface area contributed by atoms with E-state index < -0.39 is 156 Å². The molecule has 1 aliphatic rings. The molecule has 1 aliphatic heterocycles. The van der Waals surface area contributed by atoms with E-state index in [4.69, 9.17) is 0 Å². The van der Waals surface area contributed by atoms with Crippen molar-refractivity contribution in [3.8, 4) is 0 Å². The normalized spacial score (nSPS) is 25.6. The number of nitrogens with zero attached hydrogens (tertiary/aromatic N) is 7. The maximum absolute atomic E-state index is 15.3. The van der Waals surface area contributed by atoms with Crippen LogP contribution in [0.4, 0.5) is 0 Å². The molecule has 1 saturated heterocycles. The highest BCUT2D eigenvalue weighted by Crippen LogP contribution is 2.26. The summed E-state index contributed by atoms with van der Waals surface area (Å²) in [5, 5.41) is 26.2. The van der Waals surface area contributed by atoms with E-state index in [-0.39, 0.29) is 61.7 Å². The predicted octanol–water partition coefficient (Wildman–Crippen LogP) is 3.78. The van der Waals surface area contributed by atoms with Crippen LogP contribution in [0.1, 0.15) is 188 Å². The van der Waals surface area contributed by atoms with Crippen LogP contribution in [0, 0.1) is 41.4 Å². The first-order valence-electron chi connectivity index (χ1n) is 33.6. The Morgan fingerprint density at radius 3 is 1.40 bits per heavy atom. The molecule has 1 heterocycles. The molecule has 0 aromatic heterocycles. The number of carbonyl (C=O) groups is 12. The number of aliphatic hydroxyl groups is 1. The summed E-state index contributed by atoms with van der Waals surface area (Å²) in [6.45, 7) is 30.0. The Hall–Kier alpha value is -6.40. The fourth-order valence-corrected chi connectivity index (χ4v) is 11.6. The van der Waals surface area contributed by atoms with Crippen molar-refractivity contribution in [2.45, 2.75) is 255 Å².